The molecule has 1 aromatic rings. The zero-order chi connectivity index (χ0) is 14.3. The van der Waals surface area contributed by atoms with Crippen LogP contribution in [0.2, 0.25) is 5.02 Å². The van der Waals surface area contributed by atoms with E-state index in [4.69, 9.17) is 23.2 Å². The molecule has 0 bridgehead atoms. The molecule has 4 heteroatoms. The van der Waals surface area contributed by atoms with Gasteiger partial charge in [-0.05, 0) is 47.9 Å². The largest absolute Gasteiger partial charge is 0.480 e. The van der Waals surface area contributed by atoms with Gasteiger partial charge in [0, 0.05) is 5.02 Å². The second kappa shape index (κ2) is 5.23. The summed E-state index contributed by atoms with van der Waals surface area (Å²) in [5.41, 5.74) is 2.90. The number of rotatable bonds is 3. The van der Waals surface area contributed by atoms with E-state index in [1.54, 1.807) is 6.07 Å². The van der Waals surface area contributed by atoms with Gasteiger partial charge in [0.05, 0.1) is 0 Å². The molecule has 1 unspecified atom stereocenters. The number of hydrogen-bond acceptors (Lipinski definition) is 1. The van der Waals surface area contributed by atoms with Crippen molar-refractivity contribution >= 4 is 29.2 Å². The predicted octanol–water partition coefficient (Wildman–Crippen LogP) is 4.54. The molecule has 20 heavy (non-hydrogen) atoms. The molecule has 2 aliphatic carbocycles. The second-order valence-electron chi connectivity index (χ2n) is 6.06. The highest BCUT2D eigenvalue weighted by Crippen LogP contribution is 2.45. The van der Waals surface area contributed by atoms with Crippen LogP contribution in [0.4, 0.5) is 0 Å². The van der Waals surface area contributed by atoms with Crippen molar-refractivity contribution in [3.63, 3.8) is 0 Å². The quantitative estimate of drug-likeness (QED) is 0.832. The predicted molar refractivity (Wildman–Crippen MR) is 80.6 cm³/mol. The molecule has 0 saturated heterocycles. The second-order valence-corrected chi connectivity index (χ2v) is 7.11. The number of fused-ring (bicyclic) bond motifs is 1. The van der Waals surface area contributed by atoms with E-state index in [9.17, 15) is 9.90 Å². The minimum atomic E-state index is -1.29. The fraction of sp³-hybridized carbons (Fsp3) is 0.562. The zero-order valence-electron chi connectivity index (χ0n) is 11.3. The molecule has 108 valence electrons. The Kier molecular flexibility index (Phi) is 3.72. The van der Waals surface area contributed by atoms with Crippen LogP contribution in [0, 0.1) is 5.92 Å². The summed E-state index contributed by atoms with van der Waals surface area (Å²) in [5.74, 6) is -0.246. The molecule has 1 saturated carbocycles. The summed E-state index contributed by atoms with van der Waals surface area (Å²) in [5, 5.41) is 10.0. The Balaban J connectivity index is 1.92. The van der Waals surface area contributed by atoms with Gasteiger partial charge >= 0.3 is 5.97 Å². The Hall–Kier alpha value is -0.730. The fourth-order valence-corrected chi connectivity index (χ4v) is 4.10. The highest BCUT2D eigenvalue weighted by Gasteiger charge is 2.44. The van der Waals surface area contributed by atoms with Gasteiger partial charge in [-0.2, -0.15) is 0 Å². The maximum Gasteiger partial charge on any atom is 0.329 e. The number of carboxylic acids is 1. The highest BCUT2D eigenvalue weighted by molar-refractivity contribution is 6.35. The van der Waals surface area contributed by atoms with Crippen LogP contribution in [0.1, 0.15) is 48.8 Å². The van der Waals surface area contributed by atoms with Crippen molar-refractivity contribution in [2.75, 3.05) is 0 Å². The third kappa shape index (κ3) is 2.33. The monoisotopic (exact) mass is 312 g/mol. The smallest absolute Gasteiger partial charge is 0.329 e. The van der Waals surface area contributed by atoms with Gasteiger partial charge in [0.1, 0.15) is 0 Å². The third-order valence-electron chi connectivity index (χ3n) is 4.76. The third-order valence-corrected chi connectivity index (χ3v) is 5.67. The molecule has 3 rings (SSSR count). The minimum absolute atomic E-state index is 0.447. The molecule has 0 radical (unpaired) electrons. The normalized spacial score (nSPS) is 25.9. The van der Waals surface area contributed by atoms with Gasteiger partial charge in [-0.15, -0.1) is 11.6 Å². The molecule has 0 heterocycles. The van der Waals surface area contributed by atoms with Gasteiger partial charge in [-0.3, -0.25) is 0 Å². The van der Waals surface area contributed by atoms with Gasteiger partial charge in [0.2, 0.25) is 0 Å². The average Bonchev–Trinajstić information content (AvgIpc) is 3.01. The highest BCUT2D eigenvalue weighted by atomic mass is 35.5. The number of halogens is 2. The van der Waals surface area contributed by atoms with Gasteiger partial charge in [-0.1, -0.05) is 43.4 Å². The molecule has 0 spiro atoms. The van der Waals surface area contributed by atoms with E-state index in [2.05, 4.69) is 6.07 Å². The topological polar surface area (TPSA) is 37.3 Å². The summed E-state index contributed by atoms with van der Waals surface area (Å²) in [6, 6.07) is 3.87. The first-order chi connectivity index (χ1) is 9.50. The van der Waals surface area contributed by atoms with Crippen molar-refractivity contribution in [3.8, 4) is 0 Å². The maximum absolute atomic E-state index is 11.4. The van der Waals surface area contributed by atoms with Crippen molar-refractivity contribution in [1.29, 1.82) is 0 Å². The van der Waals surface area contributed by atoms with Crippen LogP contribution in [-0.2, 0) is 22.5 Å². The molecule has 0 amide bonds. The molecule has 1 aromatic carbocycles. The Bertz CT molecular complexity index is 550. The van der Waals surface area contributed by atoms with Crippen molar-refractivity contribution in [2.24, 2.45) is 5.92 Å². The summed E-state index contributed by atoms with van der Waals surface area (Å²) < 4.78 is 0. The lowest BCUT2D eigenvalue weighted by molar-refractivity contribution is -0.140. The van der Waals surface area contributed by atoms with Crippen LogP contribution < -0.4 is 0 Å². The molecule has 1 fully saturated rings. The molecular weight excluding hydrogens is 295 g/mol. The average molecular weight is 313 g/mol. The van der Waals surface area contributed by atoms with Crippen molar-refractivity contribution in [2.45, 2.75) is 49.8 Å². The number of carboxylic acid groups (broad SMARTS) is 1. The number of aryl methyl sites for hydroxylation is 1. The Morgan fingerprint density at radius 3 is 2.70 bits per heavy atom. The summed E-state index contributed by atoms with van der Waals surface area (Å²) in [6.45, 7) is 0. The van der Waals surface area contributed by atoms with Gasteiger partial charge < -0.3 is 5.11 Å². The van der Waals surface area contributed by atoms with E-state index in [-0.39, 0.29) is 0 Å². The van der Waals surface area contributed by atoms with E-state index in [1.165, 1.54) is 25.7 Å². The van der Waals surface area contributed by atoms with Crippen LogP contribution in [0.15, 0.2) is 12.1 Å². The van der Waals surface area contributed by atoms with Crippen LogP contribution in [-0.4, -0.2) is 11.1 Å². The van der Waals surface area contributed by atoms with Crippen molar-refractivity contribution in [1.82, 2.24) is 0 Å². The Morgan fingerprint density at radius 2 is 2.05 bits per heavy atom. The molecule has 0 aromatic heterocycles. The first kappa shape index (κ1) is 14.2. The lowest BCUT2D eigenvalue weighted by Gasteiger charge is -2.18. The molecule has 0 aliphatic heterocycles. The lowest BCUT2D eigenvalue weighted by atomic mass is 9.94. The van der Waals surface area contributed by atoms with Crippen molar-refractivity contribution < 1.29 is 9.90 Å². The van der Waals surface area contributed by atoms with Gasteiger partial charge in [-0.25, -0.2) is 4.79 Å². The fourth-order valence-electron chi connectivity index (χ4n) is 3.59. The van der Waals surface area contributed by atoms with Gasteiger partial charge in [0.25, 0.3) is 0 Å². The zero-order valence-corrected chi connectivity index (χ0v) is 12.8. The van der Waals surface area contributed by atoms with Crippen LogP contribution in [0.3, 0.4) is 0 Å². The number of benzene rings is 1. The molecule has 1 N–H and O–H groups in total. The number of alkyl halides is 1. The van der Waals surface area contributed by atoms with Crippen LogP contribution in [0.5, 0.6) is 0 Å². The standard InChI is InChI=1S/C16H18Cl2O2/c17-14-9-13-11(5-6-16(13,18)15(19)20)8-12(14)7-10-3-1-2-4-10/h8-10H,1-7H2,(H,19,20). The SMILES string of the molecule is O=C(O)C1(Cl)CCc2cc(CC3CCCC3)c(Cl)cc21. The molecule has 2 nitrogen and oxygen atoms in total. The molecule has 2 aliphatic rings. The van der Waals surface area contributed by atoms with Crippen LogP contribution in [0.25, 0.3) is 0 Å². The number of carbonyl (C=O) groups is 1. The first-order valence-electron chi connectivity index (χ1n) is 7.25. The molecular formula is C16H18Cl2O2. The Labute approximate surface area is 129 Å². The van der Waals surface area contributed by atoms with Crippen molar-refractivity contribution in [3.05, 3.63) is 33.8 Å². The number of hydrogen-bond donors (Lipinski definition) is 1. The number of aliphatic carboxylic acids is 1. The Morgan fingerprint density at radius 1 is 1.35 bits per heavy atom. The van der Waals surface area contributed by atoms with E-state index in [0.29, 0.717) is 17.0 Å². The summed E-state index contributed by atoms with van der Waals surface area (Å²) >= 11 is 12.6. The van der Waals surface area contributed by atoms with E-state index in [1.807, 2.05) is 0 Å². The van der Waals surface area contributed by atoms with E-state index < -0.39 is 10.8 Å². The maximum atomic E-state index is 11.4. The summed E-state index contributed by atoms with van der Waals surface area (Å²) in [6.07, 6.45) is 7.37. The molecule has 1 atom stereocenters. The minimum Gasteiger partial charge on any atom is -0.480 e. The van der Waals surface area contributed by atoms with E-state index >= 15 is 0 Å². The summed E-state index contributed by atoms with van der Waals surface area (Å²) in [4.78, 5) is 10.1. The first-order valence-corrected chi connectivity index (χ1v) is 8.00. The van der Waals surface area contributed by atoms with Gasteiger partial charge in [0.15, 0.2) is 4.87 Å². The lowest BCUT2D eigenvalue weighted by Crippen LogP contribution is -2.26. The summed E-state index contributed by atoms with van der Waals surface area (Å²) in [7, 11) is 0. The van der Waals surface area contributed by atoms with Crippen LogP contribution >= 0.6 is 23.2 Å². The van der Waals surface area contributed by atoms with E-state index in [0.717, 1.165) is 29.9 Å².